The molecule has 2 heterocycles. The third-order valence-corrected chi connectivity index (χ3v) is 3.93. The van der Waals surface area contributed by atoms with Crippen LogP contribution in [0, 0.1) is 18.6 Å². The monoisotopic (exact) mass is 328 g/mol. The third-order valence-electron chi connectivity index (χ3n) is 3.93. The maximum absolute atomic E-state index is 14.4. The second kappa shape index (κ2) is 7.22. The Morgan fingerprint density at radius 2 is 1.86 bits per heavy atom. The number of hydrogen-bond donors (Lipinski definition) is 1. The summed E-state index contributed by atoms with van der Waals surface area (Å²) in [6, 6.07) is 6.46. The lowest BCUT2D eigenvalue weighted by molar-refractivity contribution is 0.176. The van der Waals surface area contributed by atoms with Gasteiger partial charge in [0.25, 0.3) is 0 Å². The van der Waals surface area contributed by atoms with Crippen LogP contribution < -0.4 is 5.32 Å². The van der Waals surface area contributed by atoms with Gasteiger partial charge < -0.3 is 9.73 Å². The summed E-state index contributed by atoms with van der Waals surface area (Å²) in [4.78, 5) is 2.11. The number of nitrogens with one attached hydrogen (secondary N) is 1. The average Bonchev–Trinajstić information content (AvgIpc) is 3.03. The molecular formula is C16H19ClF2N2O. The molecule has 2 aromatic rings. The summed E-state index contributed by atoms with van der Waals surface area (Å²) in [6.07, 6.45) is 1.56. The predicted molar refractivity (Wildman–Crippen MR) is 83.3 cm³/mol. The molecule has 0 amide bonds. The molecule has 0 radical (unpaired) electrons. The first kappa shape index (κ1) is 16.9. The van der Waals surface area contributed by atoms with Crippen molar-refractivity contribution in [3.63, 3.8) is 0 Å². The van der Waals surface area contributed by atoms with E-state index >= 15 is 0 Å². The van der Waals surface area contributed by atoms with Crippen molar-refractivity contribution in [2.45, 2.75) is 13.0 Å². The van der Waals surface area contributed by atoms with Gasteiger partial charge in [-0.05, 0) is 24.6 Å². The van der Waals surface area contributed by atoms with E-state index in [4.69, 9.17) is 4.42 Å². The maximum atomic E-state index is 14.4. The van der Waals surface area contributed by atoms with Crippen molar-refractivity contribution in [2.75, 3.05) is 26.2 Å². The van der Waals surface area contributed by atoms with Gasteiger partial charge in [-0.3, -0.25) is 4.90 Å². The molecule has 0 aliphatic carbocycles. The Balaban J connectivity index is 0.00000176. The van der Waals surface area contributed by atoms with Crippen molar-refractivity contribution in [3.8, 4) is 0 Å². The molecule has 1 fully saturated rings. The lowest BCUT2D eigenvalue weighted by Crippen LogP contribution is -2.45. The molecule has 0 spiro atoms. The Kier molecular flexibility index (Phi) is 5.56. The summed E-state index contributed by atoms with van der Waals surface area (Å²) in [5.74, 6) is -0.923. The SMILES string of the molecule is Cc1ccc([C@H](c2ccco2)N2CCNCC2)c(F)c1F.Cl. The molecule has 3 nitrogen and oxygen atoms in total. The second-order valence-electron chi connectivity index (χ2n) is 5.30. The van der Waals surface area contributed by atoms with Crippen LogP contribution in [-0.4, -0.2) is 31.1 Å². The van der Waals surface area contributed by atoms with E-state index in [0.717, 1.165) is 26.2 Å². The minimum atomic E-state index is -0.782. The molecule has 0 saturated carbocycles. The van der Waals surface area contributed by atoms with E-state index in [9.17, 15) is 8.78 Å². The van der Waals surface area contributed by atoms with Crippen LogP contribution in [0.25, 0.3) is 0 Å². The van der Waals surface area contributed by atoms with Crippen molar-refractivity contribution in [1.82, 2.24) is 10.2 Å². The summed E-state index contributed by atoms with van der Waals surface area (Å²) in [5, 5.41) is 3.26. The lowest BCUT2D eigenvalue weighted by Gasteiger charge is -2.34. The molecule has 1 N–H and O–H groups in total. The minimum Gasteiger partial charge on any atom is -0.467 e. The molecule has 1 saturated heterocycles. The first-order chi connectivity index (χ1) is 10.2. The van der Waals surface area contributed by atoms with Crippen molar-refractivity contribution >= 4 is 12.4 Å². The number of nitrogens with zero attached hydrogens (tertiary/aromatic N) is 1. The standard InChI is InChI=1S/C16H18F2N2O.ClH/c1-11-4-5-12(15(18)14(11)17)16(13-3-2-10-21-13)20-8-6-19-7-9-20;/h2-5,10,16,19H,6-9H2,1H3;1H/t16-;/m1./s1. The molecule has 1 aliphatic heterocycles. The van der Waals surface area contributed by atoms with E-state index < -0.39 is 17.7 Å². The molecule has 22 heavy (non-hydrogen) atoms. The summed E-state index contributed by atoms with van der Waals surface area (Å²) in [7, 11) is 0. The fourth-order valence-electron chi connectivity index (χ4n) is 2.79. The summed E-state index contributed by atoms with van der Waals surface area (Å²) in [6.45, 7) is 4.75. The summed E-state index contributed by atoms with van der Waals surface area (Å²) in [5.41, 5.74) is 0.643. The number of rotatable bonds is 3. The van der Waals surface area contributed by atoms with Crippen LogP contribution in [0.15, 0.2) is 34.9 Å². The highest BCUT2D eigenvalue weighted by atomic mass is 35.5. The largest absolute Gasteiger partial charge is 0.467 e. The smallest absolute Gasteiger partial charge is 0.164 e. The van der Waals surface area contributed by atoms with Gasteiger partial charge in [-0.25, -0.2) is 8.78 Å². The van der Waals surface area contributed by atoms with Crippen LogP contribution in [-0.2, 0) is 0 Å². The predicted octanol–water partition coefficient (Wildman–Crippen LogP) is 3.28. The normalized spacial score (nSPS) is 17.0. The van der Waals surface area contributed by atoms with Crippen LogP contribution >= 0.6 is 12.4 Å². The number of aryl methyl sites for hydroxylation is 1. The number of hydrogen-bond acceptors (Lipinski definition) is 3. The molecule has 1 aliphatic rings. The highest BCUT2D eigenvalue weighted by Gasteiger charge is 2.29. The second-order valence-corrected chi connectivity index (χ2v) is 5.30. The number of halogens is 3. The van der Waals surface area contributed by atoms with Crippen molar-refractivity contribution in [2.24, 2.45) is 0 Å². The molecule has 6 heteroatoms. The maximum Gasteiger partial charge on any atom is 0.164 e. The fraction of sp³-hybridized carbons (Fsp3) is 0.375. The zero-order chi connectivity index (χ0) is 14.8. The number of furan rings is 1. The van der Waals surface area contributed by atoms with E-state index in [-0.39, 0.29) is 12.4 Å². The molecule has 3 rings (SSSR count). The van der Waals surface area contributed by atoms with E-state index in [2.05, 4.69) is 10.2 Å². The first-order valence-corrected chi connectivity index (χ1v) is 7.11. The fourth-order valence-corrected chi connectivity index (χ4v) is 2.79. The Labute approximate surface area is 134 Å². The average molecular weight is 329 g/mol. The Morgan fingerprint density at radius 1 is 1.14 bits per heavy atom. The van der Waals surface area contributed by atoms with Crippen LogP contribution in [0.3, 0.4) is 0 Å². The van der Waals surface area contributed by atoms with Gasteiger partial charge in [0.05, 0.1) is 12.3 Å². The van der Waals surface area contributed by atoms with Crippen molar-refractivity contribution in [1.29, 1.82) is 0 Å². The molecule has 1 atom stereocenters. The van der Waals surface area contributed by atoms with Gasteiger partial charge in [0, 0.05) is 31.7 Å². The third kappa shape index (κ3) is 3.16. The van der Waals surface area contributed by atoms with Crippen LogP contribution in [0.2, 0.25) is 0 Å². The van der Waals surface area contributed by atoms with Gasteiger partial charge in [-0.2, -0.15) is 0 Å². The lowest BCUT2D eigenvalue weighted by atomic mass is 9.99. The van der Waals surface area contributed by atoms with Gasteiger partial charge in [-0.1, -0.05) is 12.1 Å². The van der Waals surface area contributed by atoms with E-state index in [0.29, 0.717) is 16.9 Å². The van der Waals surface area contributed by atoms with Crippen LogP contribution in [0.5, 0.6) is 0 Å². The van der Waals surface area contributed by atoms with E-state index in [1.54, 1.807) is 31.4 Å². The highest BCUT2D eigenvalue weighted by Crippen LogP contribution is 2.32. The molecule has 0 bridgehead atoms. The first-order valence-electron chi connectivity index (χ1n) is 7.11. The van der Waals surface area contributed by atoms with Gasteiger partial charge in [0.15, 0.2) is 11.6 Å². The van der Waals surface area contributed by atoms with E-state index in [1.807, 2.05) is 6.07 Å². The van der Waals surface area contributed by atoms with Crippen LogP contribution in [0.4, 0.5) is 8.78 Å². The molecule has 1 aromatic heterocycles. The molecule has 1 aromatic carbocycles. The Hall–Kier alpha value is -1.43. The quantitative estimate of drug-likeness (QED) is 0.937. The summed E-state index contributed by atoms with van der Waals surface area (Å²) >= 11 is 0. The Morgan fingerprint density at radius 3 is 2.50 bits per heavy atom. The topological polar surface area (TPSA) is 28.4 Å². The number of benzene rings is 1. The summed E-state index contributed by atoms with van der Waals surface area (Å²) < 4.78 is 33.8. The molecule has 0 unspecified atom stereocenters. The van der Waals surface area contributed by atoms with Gasteiger partial charge >= 0.3 is 0 Å². The molecular weight excluding hydrogens is 310 g/mol. The van der Waals surface area contributed by atoms with Crippen molar-refractivity contribution in [3.05, 3.63) is 59.1 Å². The Bertz CT molecular complexity index is 613. The zero-order valence-electron chi connectivity index (χ0n) is 12.3. The van der Waals surface area contributed by atoms with E-state index in [1.165, 1.54) is 0 Å². The number of piperazine rings is 1. The van der Waals surface area contributed by atoms with Gasteiger partial charge in [0.1, 0.15) is 5.76 Å². The van der Waals surface area contributed by atoms with Crippen molar-refractivity contribution < 1.29 is 13.2 Å². The van der Waals surface area contributed by atoms with Gasteiger partial charge in [0.2, 0.25) is 0 Å². The minimum absolute atomic E-state index is 0. The highest BCUT2D eigenvalue weighted by molar-refractivity contribution is 5.85. The molecule has 120 valence electrons. The van der Waals surface area contributed by atoms with Crippen LogP contribution in [0.1, 0.15) is 22.9 Å². The zero-order valence-corrected chi connectivity index (χ0v) is 13.1. The van der Waals surface area contributed by atoms with Gasteiger partial charge in [-0.15, -0.1) is 12.4 Å².